The Labute approximate surface area is 86.2 Å². The van der Waals surface area contributed by atoms with Crippen molar-refractivity contribution in [2.45, 2.75) is 31.2 Å². The van der Waals surface area contributed by atoms with Crippen LogP contribution in [0.3, 0.4) is 0 Å². The van der Waals surface area contributed by atoms with E-state index in [-0.39, 0.29) is 10.9 Å². The van der Waals surface area contributed by atoms with Gasteiger partial charge in [-0.15, -0.1) is 11.3 Å². The van der Waals surface area contributed by atoms with Gasteiger partial charge < -0.3 is 0 Å². The zero-order valence-electron chi connectivity index (χ0n) is 7.32. The van der Waals surface area contributed by atoms with Crippen molar-refractivity contribution in [1.82, 2.24) is 4.98 Å². The maximum Gasteiger partial charge on any atom is 0.279 e. The van der Waals surface area contributed by atoms with Crippen LogP contribution >= 0.6 is 22.0 Å². The first kappa shape index (κ1) is 10.9. The molecule has 0 aliphatic carbocycles. The summed E-state index contributed by atoms with van der Waals surface area (Å²) in [5.41, 5.74) is 0. The summed E-state index contributed by atoms with van der Waals surface area (Å²) in [6.45, 7) is 4.03. The van der Waals surface area contributed by atoms with Gasteiger partial charge in [-0.3, -0.25) is 0 Å². The summed E-state index contributed by atoms with van der Waals surface area (Å²) in [4.78, 5) is 3.95. The van der Waals surface area contributed by atoms with Crippen LogP contribution in [0.4, 0.5) is 0 Å². The quantitative estimate of drug-likeness (QED) is 0.762. The molecule has 0 saturated heterocycles. The van der Waals surface area contributed by atoms with Crippen molar-refractivity contribution in [3.63, 3.8) is 0 Å². The van der Waals surface area contributed by atoms with Gasteiger partial charge in [-0.2, -0.15) is 0 Å². The van der Waals surface area contributed by atoms with Crippen LogP contribution in [0.25, 0.3) is 0 Å². The minimum atomic E-state index is -3.65. The number of hydrogen-bond acceptors (Lipinski definition) is 4. The van der Waals surface area contributed by atoms with Crippen LogP contribution in [0.5, 0.6) is 0 Å². The lowest BCUT2D eigenvalue weighted by Gasteiger charge is -2.01. The number of rotatable bonds is 3. The lowest BCUT2D eigenvalue weighted by atomic mass is 10.1. The third kappa shape index (κ3) is 2.65. The zero-order valence-corrected chi connectivity index (χ0v) is 9.71. The van der Waals surface area contributed by atoms with Crippen LogP contribution in [-0.4, -0.2) is 13.4 Å². The van der Waals surface area contributed by atoms with Crippen LogP contribution in [0.2, 0.25) is 0 Å². The van der Waals surface area contributed by atoms with E-state index in [2.05, 4.69) is 4.98 Å². The first-order chi connectivity index (χ1) is 5.95. The SMILES string of the molecule is CCC(C)c1nc(S(=O)(=O)Cl)cs1. The number of aromatic nitrogens is 1. The molecule has 0 saturated carbocycles. The van der Waals surface area contributed by atoms with E-state index < -0.39 is 9.05 Å². The van der Waals surface area contributed by atoms with Crippen molar-refractivity contribution in [3.8, 4) is 0 Å². The van der Waals surface area contributed by atoms with E-state index in [0.29, 0.717) is 0 Å². The Morgan fingerprint density at radius 3 is 2.69 bits per heavy atom. The van der Waals surface area contributed by atoms with Crippen molar-refractivity contribution in [2.24, 2.45) is 0 Å². The Morgan fingerprint density at radius 1 is 1.69 bits per heavy atom. The molecule has 74 valence electrons. The molecule has 0 aliphatic heterocycles. The molecule has 0 aromatic carbocycles. The van der Waals surface area contributed by atoms with Crippen molar-refractivity contribution >= 4 is 31.1 Å². The van der Waals surface area contributed by atoms with Gasteiger partial charge in [0.25, 0.3) is 9.05 Å². The maximum atomic E-state index is 10.9. The largest absolute Gasteiger partial charge is 0.279 e. The first-order valence-corrected chi connectivity index (χ1v) is 7.04. The number of nitrogens with zero attached hydrogens (tertiary/aromatic N) is 1. The van der Waals surface area contributed by atoms with Crippen LogP contribution in [-0.2, 0) is 9.05 Å². The summed E-state index contributed by atoms with van der Waals surface area (Å²) in [7, 11) is 1.48. The molecular formula is C7H10ClNO2S2. The molecule has 1 atom stereocenters. The highest BCUT2D eigenvalue weighted by molar-refractivity contribution is 8.13. The van der Waals surface area contributed by atoms with E-state index in [0.717, 1.165) is 11.4 Å². The van der Waals surface area contributed by atoms with Gasteiger partial charge in [0.1, 0.15) is 0 Å². The van der Waals surface area contributed by atoms with E-state index in [9.17, 15) is 8.42 Å². The first-order valence-electron chi connectivity index (χ1n) is 3.85. The average molecular weight is 240 g/mol. The molecule has 13 heavy (non-hydrogen) atoms. The minimum absolute atomic E-state index is 0.0329. The van der Waals surface area contributed by atoms with E-state index >= 15 is 0 Å². The van der Waals surface area contributed by atoms with E-state index in [1.807, 2.05) is 13.8 Å². The molecule has 1 aromatic rings. The van der Waals surface area contributed by atoms with Gasteiger partial charge in [-0.1, -0.05) is 13.8 Å². The second-order valence-electron chi connectivity index (χ2n) is 2.77. The minimum Gasteiger partial charge on any atom is -0.228 e. The van der Waals surface area contributed by atoms with Gasteiger partial charge in [0.2, 0.25) is 0 Å². The number of thiazole rings is 1. The molecule has 0 fully saturated rings. The third-order valence-electron chi connectivity index (χ3n) is 1.78. The molecule has 0 aliphatic rings. The Balaban J connectivity index is 3.00. The molecule has 6 heteroatoms. The molecule has 0 amide bonds. The van der Waals surface area contributed by atoms with Gasteiger partial charge in [-0.05, 0) is 6.42 Å². The van der Waals surface area contributed by atoms with E-state index in [1.54, 1.807) is 0 Å². The molecule has 0 bridgehead atoms. The third-order valence-corrected chi connectivity index (χ3v) is 4.19. The Hall–Kier alpha value is -0.130. The van der Waals surface area contributed by atoms with Crippen LogP contribution in [0.1, 0.15) is 31.2 Å². The Bertz CT molecular complexity index is 385. The highest BCUT2D eigenvalue weighted by Crippen LogP contribution is 2.25. The topological polar surface area (TPSA) is 47.0 Å². The fraction of sp³-hybridized carbons (Fsp3) is 0.571. The van der Waals surface area contributed by atoms with Crippen molar-refractivity contribution < 1.29 is 8.42 Å². The monoisotopic (exact) mass is 239 g/mol. The smallest absolute Gasteiger partial charge is 0.228 e. The molecule has 1 unspecified atom stereocenters. The molecule has 1 rings (SSSR count). The summed E-state index contributed by atoms with van der Waals surface area (Å²) in [5, 5.41) is 2.26. The summed E-state index contributed by atoms with van der Waals surface area (Å²) in [5.74, 6) is 0.289. The fourth-order valence-electron chi connectivity index (χ4n) is 0.785. The second-order valence-corrected chi connectivity index (χ2v) is 6.17. The Morgan fingerprint density at radius 2 is 2.31 bits per heavy atom. The van der Waals surface area contributed by atoms with Gasteiger partial charge in [0.15, 0.2) is 5.03 Å². The predicted octanol–water partition coefficient (Wildman–Crippen LogP) is 2.58. The number of halogens is 1. The fourth-order valence-corrected chi connectivity index (χ4v) is 2.91. The van der Waals surface area contributed by atoms with Crippen LogP contribution < -0.4 is 0 Å². The molecule has 1 aromatic heterocycles. The lowest BCUT2D eigenvalue weighted by molar-refractivity contribution is 0.605. The molecule has 0 spiro atoms. The second kappa shape index (κ2) is 3.94. The van der Waals surface area contributed by atoms with Gasteiger partial charge in [0, 0.05) is 22.0 Å². The molecule has 1 heterocycles. The Kier molecular flexibility index (Phi) is 3.32. The standard InChI is InChI=1S/C7H10ClNO2S2/c1-3-5(2)7-9-6(4-12-7)13(8,10)11/h4-5H,3H2,1-2H3. The van der Waals surface area contributed by atoms with Gasteiger partial charge in [0.05, 0.1) is 5.01 Å². The van der Waals surface area contributed by atoms with Gasteiger partial charge >= 0.3 is 0 Å². The molecule has 3 nitrogen and oxygen atoms in total. The predicted molar refractivity (Wildman–Crippen MR) is 53.9 cm³/mol. The summed E-state index contributed by atoms with van der Waals surface area (Å²) >= 11 is 1.33. The van der Waals surface area contributed by atoms with Crippen molar-refractivity contribution in [1.29, 1.82) is 0 Å². The maximum absolute atomic E-state index is 10.9. The highest BCUT2D eigenvalue weighted by Gasteiger charge is 2.16. The summed E-state index contributed by atoms with van der Waals surface area (Å²) in [6.07, 6.45) is 0.940. The van der Waals surface area contributed by atoms with Crippen LogP contribution in [0, 0.1) is 0 Å². The average Bonchev–Trinajstić information content (AvgIpc) is 2.50. The van der Waals surface area contributed by atoms with Crippen molar-refractivity contribution in [2.75, 3.05) is 0 Å². The molecule has 0 radical (unpaired) electrons. The number of hydrogen-bond donors (Lipinski definition) is 0. The van der Waals surface area contributed by atoms with Gasteiger partial charge in [-0.25, -0.2) is 13.4 Å². The van der Waals surface area contributed by atoms with Crippen molar-refractivity contribution in [3.05, 3.63) is 10.4 Å². The molecule has 0 N–H and O–H groups in total. The van der Waals surface area contributed by atoms with E-state index in [1.165, 1.54) is 16.7 Å². The normalized spacial score (nSPS) is 14.4. The lowest BCUT2D eigenvalue weighted by Crippen LogP contribution is -1.94. The zero-order chi connectivity index (χ0) is 10.1. The summed E-state index contributed by atoms with van der Waals surface area (Å²) in [6, 6.07) is 0. The van der Waals surface area contributed by atoms with E-state index in [4.69, 9.17) is 10.7 Å². The van der Waals surface area contributed by atoms with Crippen LogP contribution in [0.15, 0.2) is 10.4 Å². The summed E-state index contributed by atoms with van der Waals surface area (Å²) < 4.78 is 21.7. The highest BCUT2D eigenvalue weighted by atomic mass is 35.7. The molecular weight excluding hydrogens is 230 g/mol.